The molecule has 0 aromatic heterocycles. The molecule has 0 spiro atoms. The molecule has 3 nitrogen and oxygen atoms in total. The van der Waals surface area contributed by atoms with E-state index >= 15 is 0 Å². The zero-order valence-electron chi connectivity index (χ0n) is 9.85. The summed E-state index contributed by atoms with van der Waals surface area (Å²) in [6, 6.07) is 8.29. The van der Waals surface area contributed by atoms with Crippen molar-refractivity contribution in [1.82, 2.24) is 4.90 Å². The van der Waals surface area contributed by atoms with Crippen LogP contribution in [0.15, 0.2) is 24.3 Å². The Morgan fingerprint density at radius 1 is 1.12 bits per heavy atom. The van der Waals surface area contributed by atoms with Crippen molar-refractivity contribution >= 4 is 5.97 Å². The molecule has 1 aliphatic heterocycles. The van der Waals surface area contributed by atoms with Crippen LogP contribution in [-0.2, 0) is 17.9 Å². The van der Waals surface area contributed by atoms with E-state index in [4.69, 9.17) is 0 Å². The summed E-state index contributed by atoms with van der Waals surface area (Å²) in [5.41, 5.74) is 1.99. The number of rotatable bonds is 2. The first-order valence-corrected chi connectivity index (χ1v) is 6.28. The molecule has 17 heavy (non-hydrogen) atoms. The predicted molar refractivity (Wildman–Crippen MR) is 64.5 cm³/mol. The summed E-state index contributed by atoms with van der Waals surface area (Å²) in [7, 11) is 0. The predicted octanol–water partition coefficient (Wildman–Crippen LogP) is 2.40. The maximum atomic E-state index is 11.6. The third-order valence-electron chi connectivity index (χ3n) is 4.27. The highest BCUT2D eigenvalue weighted by atomic mass is 16.4. The fraction of sp³-hybridized carbons (Fsp3) is 0.500. The Morgan fingerprint density at radius 2 is 1.65 bits per heavy atom. The van der Waals surface area contributed by atoms with E-state index in [0.29, 0.717) is 0 Å². The first-order valence-electron chi connectivity index (χ1n) is 6.28. The summed E-state index contributed by atoms with van der Waals surface area (Å²) in [5.74, 6) is -0.636. The van der Waals surface area contributed by atoms with Crippen molar-refractivity contribution in [2.75, 3.05) is 0 Å². The number of hydrogen-bond acceptors (Lipinski definition) is 2. The molecule has 1 N–H and O–H groups in total. The lowest BCUT2D eigenvalue weighted by Gasteiger charge is -2.34. The van der Waals surface area contributed by atoms with Crippen molar-refractivity contribution in [2.24, 2.45) is 0 Å². The number of carbonyl (C=O) groups is 1. The fourth-order valence-electron chi connectivity index (χ4n) is 3.26. The van der Waals surface area contributed by atoms with Crippen molar-refractivity contribution in [1.29, 1.82) is 0 Å². The lowest BCUT2D eigenvalue weighted by Crippen LogP contribution is -2.50. The largest absolute Gasteiger partial charge is 0.480 e. The van der Waals surface area contributed by atoms with Crippen molar-refractivity contribution in [3.63, 3.8) is 0 Å². The number of nitrogens with zero attached hydrogens (tertiary/aromatic N) is 1. The molecule has 1 aromatic rings. The third kappa shape index (κ3) is 1.57. The minimum atomic E-state index is -0.636. The number of hydrogen-bond donors (Lipinski definition) is 1. The van der Waals surface area contributed by atoms with Crippen LogP contribution in [0.4, 0.5) is 0 Å². The van der Waals surface area contributed by atoms with Crippen LogP contribution in [0, 0.1) is 0 Å². The monoisotopic (exact) mass is 231 g/mol. The zero-order valence-corrected chi connectivity index (χ0v) is 9.85. The number of aliphatic carboxylic acids is 1. The highest BCUT2D eigenvalue weighted by Gasteiger charge is 2.47. The molecular weight excluding hydrogens is 214 g/mol. The van der Waals surface area contributed by atoms with Crippen molar-refractivity contribution in [3.8, 4) is 0 Å². The number of carboxylic acid groups (broad SMARTS) is 1. The van der Waals surface area contributed by atoms with E-state index in [9.17, 15) is 9.90 Å². The second-order valence-electron chi connectivity index (χ2n) is 5.17. The van der Waals surface area contributed by atoms with Crippen LogP contribution < -0.4 is 0 Å². The second-order valence-corrected chi connectivity index (χ2v) is 5.17. The Hall–Kier alpha value is -1.35. The van der Waals surface area contributed by atoms with E-state index in [0.717, 1.165) is 38.8 Å². The molecule has 1 aliphatic carbocycles. The van der Waals surface area contributed by atoms with Gasteiger partial charge in [0.15, 0.2) is 0 Å². The van der Waals surface area contributed by atoms with Gasteiger partial charge >= 0.3 is 5.97 Å². The van der Waals surface area contributed by atoms with E-state index < -0.39 is 11.5 Å². The Balaban J connectivity index is 1.90. The van der Waals surface area contributed by atoms with Gasteiger partial charge in [-0.1, -0.05) is 37.1 Å². The normalized spacial score (nSPS) is 22.6. The number of benzene rings is 1. The third-order valence-corrected chi connectivity index (χ3v) is 4.27. The Morgan fingerprint density at radius 3 is 2.12 bits per heavy atom. The lowest BCUT2D eigenvalue weighted by molar-refractivity contribution is -0.152. The van der Waals surface area contributed by atoms with Crippen molar-refractivity contribution in [3.05, 3.63) is 35.4 Å². The molecule has 1 saturated carbocycles. The van der Waals surface area contributed by atoms with E-state index in [1.165, 1.54) is 11.1 Å². The molecule has 0 bridgehead atoms. The molecular formula is C14H17NO2. The zero-order chi connectivity index (χ0) is 11.9. The first kappa shape index (κ1) is 10.8. The molecule has 1 fully saturated rings. The second kappa shape index (κ2) is 3.84. The van der Waals surface area contributed by atoms with Gasteiger partial charge in [0.1, 0.15) is 5.54 Å². The number of carboxylic acids is 1. The average molecular weight is 231 g/mol. The van der Waals surface area contributed by atoms with Crippen LogP contribution in [0.2, 0.25) is 0 Å². The molecule has 1 aromatic carbocycles. The maximum absolute atomic E-state index is 11.6. The van der Waals surface area contributed by atoms with Gasteiger partial charge in [-0.25, -0.2) is 0 Å². The van der Waals surface area contributed by atoms with E-state index in [2.05, 4.69) is 17.0 Å². The van der Waals surface area contributed by atoms with E-state index in [-0.39, 0.29) is 0 Å². The average Bonchev–Trinajstić information content (AvgIpc) is 2.96. The fourth-order valence-corrected chi connectivity index (χ4v) is 3.26. The highest BCUT2D eigenvalue weighted by Crippen LogP contribution is 2.40. The van der Waals surface area contributed by atoms with E-state index in [1.54, 1.807) is 0 Å². The van der Waals surface area contributed by atoms with Gasteiger partial charge in [0.05, 0.1) is 0 Å². The van der Waals surface area contributed by atoms with Gasteiger partial charge in [-0.3, -0.25) is 9.69 Å². The summed E-state index contributed by atoms with van der Waals surface area (Å²) in [4.78, 5) is 13.8. The smallest absolute Gasteiger partial charge is 0.324 e. The summed E-state index contributed by atoms with van der Waals surface area (Å²) in [6.45, 7) is 1.59. The lowest BCUT2D eigenvalue weighted by atomic mass is 9.95. The quantitative estimate of drug-likeness (QED) is 0.849. The summed E-state index contributed by atoms with van der Waals surface area (Å²) in [6.07, 6.45) is 3.69. The van der Waals surface area contributed by atoms with Crippen LogP contribution in [0.1, 0.15) is 36.8 Å². The van der Waals surface area contributed by atoms with Gasteiger partial charge in [0, 0.05) is 13.1 Å². The summed E-state index contributed by atoms with van der Waals surface area (Å²) >= 11 is 0. The van der Waals surface area contributed by atoms with Gasteiger partial charge in [-0.05, 0) is 24.0 Å². The molecule has 1 heterocycles. The van der Waals surface area contributed by atoms with Crippen LogP contribution in [-0.4, -0.2) is 21.5 Å². The van der Waals surface area contributed by atoms with Gasteiger partial charge in [-0.2, -0.15) is 0 Å². The van der Waals surface area contributed by atoms with Gasteiger partial charge in [0.25, 0.3) is 0 Å². The topological polar surface area (TPSA) is 40.5 Å². The summed E-state index contributed by atoms with van der Waals surface area (Å²) < 4.78 is 0. The van der Waals surface area contributed by atoms with Gasteiger partial charge in [-0.15, -0.1) is 0 Å². The molecule has 0 saturated heterocycles. The Bertz CT molecular complexity index is 424. The molecule has 0 atom stereocenters. The molecule has 90 valence electrons. The Labute approximate surface area is 101 Å². The molecule has 0 amide bonds. The molecule has 0 unspecified atom stereocenters. The minimum Gasteiger partial charge on any atom is -0.480 e. The summed E-state index contributed by atoms with van der Waals surface area (Å²) in [5, 5.41) is 9.56. The van der Waals surface area contributed by atoms with E-state index in [1.807, 2.05) is 12.1 Å². The van der Waals surface area contributed by atoms with Crippen LogP contribution in [0.3, 0.4) is 0 Å². The first-order chi connectivity index (χ1) is 8.22. The standard InChI is InChI=1S/C14H17NO2/c16-13(17)14(7-3-4-8-14)15-9-11-5-1-2-6-12(11)10-15/h1-2,5-6H,3-4,7-10H2,(H,16,17). The minimum absolute atomic E-state index is 0.598. The SMILES string of the molecule is O=C(O)C1(N2Cc3ccccc3C2)CCCC1. The van der Waals surface area contributed by atoms with Crippen LogP contribution in [0.5, 0.6) is 0 Å². The van der Waals surface area contributed by atoms with Gasteiger partial charge in [0.2, 0.25) is 0 Å². The van der Waals surface area contributed by atoms with Crippen LogP contribution >= 0.6 is 0 Å². The maximum Gasteiger partial charge on any atom is 0.324 e. The Kier molecular flexibility index (Phi) is 2.44. The molecule has 3 heteroatoms. The van der Waals surface area contributed by atoms with Gasteiger partial charge < -0.3 is 5.11 Å². The molecule has 3 rings (SSSR count). The highest BCUT2D eigenvalue weighted by molar-refractivity contribution is 5.79. The van der Waals surface area contributed by atoms with Crippen molar-refractivity contribution in [2.45, 2.75) is 44.3 Å². The molecule has 0 radical (unpaired) electrons. The molecule has 2 aliphatic rings. The number of fused-ring (bicyclic) bond motifs is 1. The van der Waals surface area contributed by atoms with Crippen molar-refractivity contribution < 1.29 is 9.90 Å². The van der Waals surface area contributed by atoms with Crippen LogP contribution in [0.25, 0.3) is 0 Å².